The Bertz CT molecular complexity index is 986. The summed E-state index contributed by atoms with van der Waals surface area (Å²) >= 11 is 0. The van der Waals surface area contributed by atoms with Gasteiger partial charge in [0.25, 0.3) is 10.0 Å². The Kier molecular flexibility index (Phi) is 5.64. The highest BCUT2D eigenvalue weighted by molar-refractivity contribution is 7.92. The standard InChI is InChI=1S/C15H15F3N2O4S2/c1-2-19-25(21,22)13-8-6-12(7-9-13)20-26(23,24)14-5-3-4-11(10-14)15(16,17)18/h3-10,19-20H,2H2,1H3. The molecule has 11 heteroatoms. The van der Waals surface area contributed by atoms with Gasteiger partial charge >= 0.3 is 6.18 Å². The summed E-state index contributed by atoms with van der Waals surface area (Å²) < 4.78 is 90.7. The second-order valence-electron chi connectivity index (χ2n) is 5.16. The highest BCUT2D eigenvalue weighted by Crippen LogP contribution is 2.30. The Morgan fingerprint density at radius 2 is 1.50 bits per heavy atom. The summed E-state index contributed by atoms with van der Waals surface area (Å²) in [4.78, 5) is -0.627. The molecule has 0 unspecified atom stereocenters. The SMILES string of the molecule is CCNS(=O)(=O)c1ccc(NS(=O)(=O)c2cccc(C(F)(F)F)c2)cc1. The average molecular weight is 408 g/mol. The van der Waals surface area contributed by atoms with Gasteiger partial charge in [0, 0.05) is 12.2 Å². The van der Waals surface area contributed by atoms with Gasteiger partial charge in [0.2, 0.25) is 10.0 Å². The summed E-state index contributed by atoms with van der Waals surface area (Å²) in [5.41, 5.74) is -1.08. The highest BCUT2D eigenvalue weighted by Gasteiger charge is 2.31. The number of nitrogens with one attached hydrogen (secondary N) is 2. The van der Waals surface area contributed by atoms with Crippen LogP contribution < -0.4 is 9.44 Å². The minimum atomic E-state index is -4.67. The minimum absolute atomic E-state index is 0.0119. The minimum Gasteiger partial charge on any atom is -0.280 e. The summed E-state index contributed by atoms with van der Waals surface area (Å²) in [5, 5.41) is 0. The van der Waals surface area contributed by atoms with Crippen LogP contribution in [0.3, 0.4) is 0 Å². The molecule has 2 aromatic carbocycles. The molecule has 0 aliphatic carbocycles. The van der Waals surface area contributed by atoms with Crippen LogP contribution in [0.25, 0.3) is 0 Å². The maximum atomic E-state index is 12.7. The predicted octanol–water partition coefficient (Wildman–Crippen LogP) is 2.80. The zero-order valence-corrected chi connectivity index (χ0v) is 15.0. The molecule has 0 aromatic heterocycles. The molecule has 0 saturated heterocycles. The van der Waals surface area contributed by atoms with Crippen LogP contribution in [-0.4, -0.2) is 23.4 Å². The molecule has 0 atom stereocenters. The van der Waals surface area contributed by atoms with Gasteiger partial charge in [-0.1, -0.05) is 13.0 Å². The largest absolute Gasteiger partial charge is 0.416 e. The van der Waals surface area contributed by atoms with Crippen molar-refractivity contribution in [2.45, 2.75) is 22.9 Å². The molecule has 26 heavy (non-hydrogen) atoms. The van der Waals surface area contributed by atoms with E-state index in [1.165, 1.54) is 24.3 Å². The molecule has 0 fully saturated rings. The molecular weight excluding hydrogens is 393 g/mol. The van der Waals surface area contributed by atoms with E-state index >= 15 is 0 Å². The Morgan fingerprint density at radius 3 is 2.04 bits per heavy atom. The van der Waals surface area contributed by atoms with Gasteiger partial charge in [-0.15, -0.1) is 0 Å². The number of alkyl halides is 3. The summed E-state index contributed by atoms with van der Waals surface area (Å²) in [6, 6.07) is 8.07. The fourth-order valence-corrected chi connectivity index (χ4v) is 4.17. The molecule has 2 N–H and O–H groups in total. The Balaban J connectivity index is 2.28. The van der Waals surface area contributed by atoms with E-state index in [4.69, 9.17) is 0 Å². The lowest BCUT2D eigenvalue weighted by molar-refractivity contribution is -0.137. The summed E-state index contributed by atoms with van der Waals surface area (Å²) in [7, 11) is -7.97. The molecule has 0 radical (unpaired) electrons. The number of hydrogen-bond acceptors (Lipinski definition) is 4. The zero-order chi connectivity index (χ0) is 19.6. The van der Waals surface area contributed by atoms with Crippen molar-refractivity contribution < 1.29 is 30.0 Å². The Labute approximate surface area is 149 Å². The van der Waals surface area contributed by atoms with Crippen molar-refractivity contribution in [3.63, 3.8) is 0 Å². The van der Waals surface area contributed by atoms with E-state index < -0.39 is 36.7 Å². The first kappa shape index (κ1) is 20.2. The normalized spacial score (nSPS) is 12.8. The monoisotopic (exact) mass is 408 g/mol. The molecule has 2 rings (SSSR count). The van der Waals surface area contributed by atoms with E-state index in [-0.39, 0.29) is 17.1 Å². The molecule has 0 bridgehead atoms. The number of hydrogen-bond donors (Lipinski definition) is 2. The first-order chi connectivity index (χ1) is 12.0. The molecule has 2 aromatic rings. The van der Waals surface area contributed by atoms with E-state index in [1.54, 1.807) is 6.92 Å². The van der Waals surface area contributed by atoms with Gasteiger partial charge in [-0.2, -0.15) is 13.2 Å². The topological polar surface area (TPSA) is 92.3 Å². The molecule has 0 saturated carbocycles. The van der Waals surface area contributed by atoms with Gasteiger partial charge in [-0.3, -0.25) is 4.72 Å². The lowest BCUT2D eigenvalue weighted by Gasteiger charge is -2.11. The van der Waals surface area contributed by atoms with Crippen LogP contribution in [0.4, 0.5) is 18.9 Å². The highest BCUT2D eigenvalue weighted by atomic mass is 32.2. The van der Waals surface area contributed by atoms with Crippen molar-refractivity contribution in [3.05, 3.63) is 54.1 Å². The number of anilines is 1. The van der Waals surface area contributed by atoms with Crippen LogP contribution in [0, 0.1) is 0 Å². The van der Waals surface area contributed by atoms with Gasteiger partial charge in [0.15, 0.2) is 0 Å². The van der Waals surface area contributed by atoms with Crippen molar-refractivity contribution >= 4 is 25.7 Å². The van der Waals surface area contributed by atoms with E-state index in [1.807, 2.05) is 0 Å². The molecule has 6 nitrogen and oxygen atoms in total. The fraction of sp³-hybridized carbons (Fsp3) is 0.200. The maximum absolute atomic E-state index is 12.7. The van der Waals surface area contributed by atoms with E-state index in [0.717, 1.165) is 18.2 Å². The van der Waals surface area contributed by atoms with E-state index in [9.17, 15) is 30.0 Å². The Hall–Kier alpha value is -2.11. The van der Waals surface area contributed by atoms with Crippen LogP contribution in [0.15, 0.2) is 58.3 Å². The van der Waals surface area contributed by atoms with Gasteiger partial charge in [-0.25, -0.2) is 21.6 Å². The molecule has 0 aliphatic heterocycles. The number of rotatable bonds is 6. The van der Waals surface area contributed by atoms with Crippen molar-refractivity contribution in [3.8, 4) is 0 Å². The van der Waals surface area contributed by atoms with Crippen LogP contribution in [0.1, 0.15) is 12.5 Å². The Morgan fingerprint density at radius 1 is 0.885 bits per heavy atom. The first-order valence-electron chi connectivity index (χ1n) is 7.25. The summed E-state index contributed by atoms with van der Waals surface area (Å²) in [5.74, 6) is 0. The molecule has 0 spiro atoms. The molecule has 0 heterocycles. The lowest BCUT2D eigenvalue weighted by atomic mass is 10.2. The number of benzene rings is 2. The predicted molar refractivity (Wildman–Crippen MR) is 89.6 cm³/mol. The molecule has 142 valence electrons. The lowest BCUT2D eigenvalue weighted by Crippen LogP contribution is -2.23. The van der Waals surface area contributed by atoms with Crippen molar-refractivity contribution in [2.24, 2.45) is 0 Å². The summed E-state index contributed by atoms with van der Waals surface area (Å²) in [6.45, 7) is 1.79. The molecule has 0 amide bonds. The van der Waals surface area contributed by atoms with Gasteiger partial charge in [0.1, 0.15) is 0 Å². The van der Waals surface area contributed by atoms with Gasteiger partial charge in [-0.05, 0) is 42.5 Å². The first-order valence-corrected chi connectivity index (χ1v) is 10.2. The number of halogens is 3. The van der Waals surface area contributed by atoms with Gasteiger partial charge < -0.3 is 0 Å². The zero-order valence-electron chi connectivity index (χ0n) is 13.4. The van der Waals surface area contributed by atoms with Crippen molar-refractivity contribution in [1.82, 2.24) is 4.72 Å². The van der Waals surface area contributed by atoms with Gasteiger partial charge in [0.05, 0.1) is 15.4 Å². The summed E-state index contributed by atoms with van der Waals surface area (Å²) in [6.07, 6.45) is -4.67. The second kappa shape index (κ2) is 7.25. The van der Waals surface area contributed by atoms with Crippen molar-refractivity contribution in [1.29, 1.82) is 0 Å². The third kappa shape index (κ3) is 4.74. The van der Waals surface area contributed by atoms with Crippen molar-refractivity contribution in [2.75, 3.05) is 11.3 Å². The van der Waals surface area contributed by atoms with Crippen LogP contribution in [-0.2, 0) is 26.2 Å². The van der Waals surface area contributed by atoms with Crippen LogP contribution in [0.5, 0.6) is 0 Å². The smallest absolute Gasteiger partial charge is 0.280 e. The number of sulfonamides is 2. The average Bonchev–Trinajstić information content (AvgIpc) is 2.54. The third-order valence-electron chi connectivity index (χ3n) is 3.22. The van der Waals surface area contributed by atoms with E-state index in [2.05, 4.69) is 9.44 Å². The van der Waals surface area contributed by atoms with Crippen LogP contribution in [0.2, 0.25) is 0 Å². The molecular formula is C15H15F3N2O4S2. The second-order valence-corrected chi connectivity index (χ2v) is 8.61. The van der Waals surface area contributed by atoms with Crippen LogP contribution >= 0.6 is 0 Å². The fourth-order valence-electron chi connectivity index (χ4n) is 2.03. The maximum Gasteiger partial charge on any atom is 0.416 e. The third-order valence-corrected chi connectivity index (χ3v) is 6.16. The van der Waals surface area contributed by atoms with E-state index in [0.29, 0.717) is 6.07 Å². The quantitative estimate of drug-likeness (QED) is 0.769. The molecule has 0 aliphatic rings.